The molecule has 48 heavy (non-hydrogen) atoms. The van der Waals surface area contributed by atoms with Crippen molar-refractivity contribution in [3.8, 4) is 5.75 Å². The number of phenolic OH excluding ortho intramolecular Hbond substituents is 1. The van der Waals surface area contributed by atoms with Gasteiger partial charge in [0, 0.05) is 16.0 Å². The molecule has 1 aromatic heterocycles. The number of amidine groups is 1. The van der Waals surface area contributed by atoms with Crippen molar-refractivity contribution in [3.63, 3.8) is 0 Å². The van der Waals surface area contributed by atoms with Gasteiger partial charge in [-0.25, -0.2) is 13.2 Å². The third-order valence-electron chi connectivity index (χ3n) is 5.28. The molecule has 0 fully saturated rings. The van der Waals surface area contributed by atoms with Gasteiger partial charge in [0.05, 0.1) is 22.6 Å². The van der Waals surface area contributed by atoms with E-state index >= 15 is 0 Å². The smallest absolute Gasteiger partial charge is 0.744 e. The summed E-state index contributed by atoms with van der Waals surface area (Å²) >= 11 is 6.17. The number of carboxylic acid groups (broad SMARTS) is 1. The number of nitrogens with one attached hydrogen (secondary N) is 1. The summed E-state index contributed by atoms with van der Waals surface area (Å²) in [5.41, 5.74) is 2.38. The topological polar surface area (TPSA) is 245 Å². The first kappa shape index (κ1) is 43.7. The molecule has 3 N–H and O–H groups in total. The number of azo groups is 1. The van der Waals surface area contributed by atoms with E-state index in [4.69, 9.17) is 11.6 Å². The maximum Gasteiger partial charge on any atom is 1.00 e. The second kappa shape index (κ2) is 19.8. The van der Waals surface area contributed by atoms with Gasteiger partial charge in [0.1, 0.15) is 20.8 Å². The number of halogens is 3. The molecular weight excluding hydrogens is 777 g/mol. The van der Waals surface area contributed by atoms with Crippen LogP contribution in [-0.2, 0) is 36.6 Å². The van der Waals surface area contributed by atoms with Gasteiger partial charge in [0.25, 0.3) is 0 Å². The van der Waals surface area contributed by atoms with Crippen LogP contribution in [0.25, 0.3) is 5.43 Å². The summed E-state index contributed by atoms with van der Waals surface area (Å²) in [6.45, 7) is 0. The van der Waals surface area contributed by atoms with Gasteiger partial charge in [-0.2, -0.15) is 23.1 Å². The number of rotatable bonds is 11. The van der Waals surface area contributed by atoms with Gasteiger partial charge >= 0.3 is 88.2 Å². The number of carboxylic acids is 1. The number of hydrogen-bond donors (Lipinski definition) is 3. The number of anilines is 2. The number of carbonyl (C=O) groups is 1. The van der Waals surface area contributed by atoms with E-state index < -0.39 is 61.0 Å². The predicted octanol–water partition coefficient (Wildman–Crippen LogP) is -1.15. The van der Waals surface area contributed by atoms with Crippen molar-refractivity contribution in [2.24, 2.45) is 15.3 Å². The van der Waals surface area contributed by atoms with Crippen molar-refractivity contribution in [1.82, 2.24) is 9.97 Å². The quantitative estimate of drug-likeness (QED) is 0.0139. The predicted molar refractivity (Wildman–Crippen MR) is 148 cm³/mol. The number of aromatic hydroxyl groups is 1. The Hall–Kier alpha value is -2.31. The zero-order chi connectivity index (χ0) is 32.7. The van der Waals surface area contributed by atoms with Crippen LogP contribution in [0.3, 0.4) is 0 Å². The minimum atomic E-state index is -5.20. The van der Waals surface area contributed by atoms with E-state index in [0.717, 1.165) is 6.07 Å². The minimum Gasteiger partial charge on any atom is -0.744 e. The first-order valence-electron chi connectivity index (χ1n) is 11.6. The zero-order valence-electron chi connectivity index (χ0n) is 24.0. The van der Waals surface area contributed by atoms with Gasteiger partial charge in [0.2, 0.25) is 5.95 Å². The summed E-state index contributed by atoms with van der Waals surface area (Å²) in [6, 6.07) is 12.8. The first-order valence-corrected chi connectivity index (χ1v) is 14.1. The normalized spacial score (nSPS) is 11.2. The third-order valence-corrected chi connectivity index (χ3v) is 7.00. The van der Waals surface area contributed by atoms with E-state index in [1.807, 2.05) is 0 Å². The fourth-order valence-electron chi connectivity index (χ4n) is 3.32. The van der Waals surface area contributed by atoms with Gasteiger partial charge < -0.3 is 35.9 Å². The molecule has 24 heteroatoms. The maximum absolute atomic E-state index is 13.8. The monoisotopic (exact) mass is 789 g/mol. The van der Waals surface area contributed by atoms with Crippen LogP contribution < -0.4 is 69.7 Å². The van der Waals surface area contributed by atoms with Crippen molar-refractivity contribution in [2.75, 3.05) is 5.32 Å². The van der Waals surface area contributed by atoms with E-state index in [9.17, 15) is 42.0 Å². The number of benzene rings is 3. The summed E-state index contributed by atoms with van der Waals surface area (Å²) < 4.78 is 67.1. The van der Waals surface area contributed by atoms with E-state index in [1.165, 1.54) is 24.3 Å². The van der Waals surface area contributed by atoms with Crippen molar-refractivity contribution >= 4 is 68.4 Å². The molecule has 4 rings (SSSR count). The first-order chi connectivity index (χ1) is 21.4. The molecule has 0 aliphatic rings. The van der Waals surface area contributed by atoms with Gasteiger partial charge in [-0.05, 0) is 24.3 Å². The Morgan fingerprint density at radius 1 is 1.08 bits per heavy atom. The average Bonchev–Trinajstić information content (AvgIpc) is 3.00. The molecule has 0 atom stereocenters. The van der Waals surface area contributed by atoms with Gasteiger partial charge in [-0.15, -0.1) is 15.9 Å². The molecule has 244 valence electrons. The number of aromatic nitrogens is 2. The van der Waals surface area contributed by atoms with E-state index in [1.54, 1.807) is 18.2 Å². The Bertz CT molecular complexity index is 1940. The Morgan fingerprint density at radius 3 is 2.40 bits per heavy atom. The molecule has 0 amide bonds. The molecule has 1 heterocycles. The Labute approximate surface area is 333 Å². The maximum atomic E-state index is 13.8. The van der Waals surface area contributed by atoms with Gasteiger partial charge in [-0.3, -0.25) is 5.04 Å². The standard InChI is InChI=1S/C24H16ClF2N7O9S2.Cu.2Na/c25-18-20(26)29-24(27)30-22(18)28-16-9-13(45(39,40)41)10-17(19(16)35)32-34-21(11-4-2-1-3-5-11)33-31-15-7-6-12(44-43-42-38)8-14(15)23(36)37;;;/h1-10H,(H6,28,29,30,31,32,33,34,35,36,37,38,39,40,41);;;/q;3*+1/p-3. The Balaban J connectivity index is 0.00000384. The van der Waals surface area contributed by atoms with Gasteiger partial charge in [0.15, 0.2) is 17.4 Å². The molecule has 4 aromatic rings. The Morgan fingerprint density at radius 2 is 1.77 bits per heavy atom. The van der Waals surface area contributed by atoms with Crippen LogP contribution in [-0.4, -0.2) is 45.0 Å². The molecule has 16 nitrogen and oxygen atoms in total. The van der Waals surface area contributed by atoms with Crippen LogP contribution in [0.1, 0.15) is 15.9 Å². The second-order valence-corrected chi connectivity index (χ2v) is 10.7. The van der Waals surface area contributed by atoms with E-state index in [-0.39, 0.29) is 104 Å². The molecular formula is C24H13ClCuF2N7Na2O9S2. The van der Waals surface area contributed by atoms with Crippen molar-refractivity contribution in [1.29, 1.82) is 0 Å². The molecule has 0 aliphatic carbocycles. The number of nitrogens with zero attached hydrogens (tertiary/aromatic N) is 6. The molecule has 3 aromatic carbocycles. The summed E-state index contributed by atoms with van der Waals surface area (Å²) in [4.78, 5) is 17.0. The average molecular weight is 791 g/mol. The molecule has 0 saturated heterocycles. The van der Waals surface area contributed by atoms with Crippen molar-refractivity contribution < 1.29 is 128 Å². The molecule has 0 aliphatic heterocycles. The number of aromatic carboxylic acids is 1. The van der Waals surface area contributed by atoms with Crippen LogP contribution >= 0.6 is 23.6 Å². The second-order valence-electron chi connectivity index (χ2n) is 8.16. The zero-order valence-corrected chi connectivity index (χ0v) is 31.3. The number of hydrogen-bond acceptors (Lipinski definition) is 14. The molecule has 0 saturated carbocycles. The van der Waals surface area contributed by atoms with Crippen molar-refractivity contribution in [3.05, 3.63) is 94.3 Å². The SMILES string of the molecule is O=C(O)c1cc(SOO[O-])ccc1[N-]/N=C(\N=Nc1cc(S(=O)(=O)[O-])cc(Nc2nc(F)nc(F)c2Cl)c1O)c1ccccc1.[Cu+].[Na+].[Na+]. The van der Waals surface area contributed by atoms with E-state index in [0.29, 0.717) is 24.2 Å². The van der Waals surface area contributed by atoms with Gasteiger partial charge in [-0.1, -0.05) is 48.0 Å². The number of phenols is 1. The molecule has 0 bridgehead atoms. The van der Waals surface area contributed by atoms with Crippen LogP contribution in [0, 0.1) is 12.0 Å². The van der Waals surface area contributed by atoms with Crippen LogP contribution in [0.2, 0.25) is 5.02 Å². The molecule has 0 spiro atoms. The largest absolute Gasteiger partial charge is 1.00 e. The third kappa shape index (κ3) is 11.6. The fraction of sp³-hybridized carbons (Fsp3) is 0. The van der Waals surface area contributed by atoms with E-state index in [2.05, 4.69) is 45.4 Å². The summed E-state index contributed by atoms with van der Waals surface area (Å²) in [7, 11) is -5.20. The molecule has 0 unspecified atom stereocenters. The van der Waals surface area contributed by atoms with Crippen LogP contribution in [0.5, 0.6) is 5.75 Å². The fourth-order valence-corrected chi connectivity index (χ4v) is 4.36. The van der Waals surface area contributed by atoms with Crippen molar-refractivity contribution in [2.45, 2.75) is 9.79 Å². The summed E-state index contributed by atoms with van der Waals surface area (Å²) in [5.74, 6) is -4.77. The summed E-state index contributed by atoms with van der Waals surface area (Å²) in [5, 5.41) is 46.7. The molecule has 0 radical (unpaired) electrons. The summed E-state index contributed by atoms with van der Waals surface area (Å²) in [6.07, 6.45) is -1.55. The Kier molecular flexibility index (Phi) is 18.0. The minimum absolute atomic E-state index is 0. The van der Waals surface area contributed by atoms with Crippen LogP contribution in [0.15, 0.2) is 85.8 Å². The van der Waals surface area contributed by atoms with Crippen LogP contribution in [0.4, 0.5) is 31.7 Å².